The van der Waals surface area contributed by atoms with Crippen LogP contribution in [-0.4, -0.2) is 31.1 Å². The monoisotopic (exact) mass is 295 g/mol. The van der Waals surface area contributed by atoms with Crippen LogP contribution in [0, 0.1) is 0 Å². The summed E-state index contributed by atoms with van der Waals surface area (Å²) in [5.74, 6) is -0.837. The largest absolute Gasteiger partial charge is 0.361 e. The van der Waals surface area contributed by atoms with E-state index in [1.165, 1.54) is 6.92 Å². The Bertz CT molecular complexity index is 721. The predicted octanol–water partition coefficient (Wildman–Crippen LogP) is 0.504. The number of sulfonamides is 1. The Morgan fingerprint density at radius 2 is 2.10 bits per heavy atom. The van der Waals surface area contributed by atoms with Crippen molar-refractivity contribution in [3.63, 3.8) is 0 Å². The number of nitrogens with one attached hydrogen (secondary N) is 2. The Hall–Kier alpha value is -1.86. The third kappa shape index (κ3) is 3.17. The molecule has 1 aromatic heterocycles. The standard InChI is InChI=1S/C13H17N3O3S/c1-2-20(18,19)16-13(17)11(14)7-9-8-15-12-6-4-3-5-10(9)12/h3-6,8,11,15H,2,7,14H2,1H3,(H,16,17). The van der Waals surface area contributed by atoms with Crippen molar-refractivity contribution in [2.45, 2.75) is 19.4 Å². The first kappa shape index (κ1) is 14.5. The molecular weight excluding hydrogens is 278 g/mol. The summed E-state index contributed by atoms with van der Waals surface area (Å²) in [6, 6.07) is 6.74. The summed E-state index contributed by atoms with van der Waals surface area (Å²) in [6.45, 7) is 1.46. The van der Waals surface area contributed by atoms with E-state index >= 15 is 0 Å². The maximum Gasteiger partial charge on any atom is 0.250 e. The van der Waals surface area contributed by atoms with Gasteiger partial charge < -0.3 is 10.7 Å². The SMILES string of the molecule is CCS(=O)(=O)NC(=O)C(N)Cc1c[nH]c2ccccc12. The maximum absolute atomic E-state index is 11.8. The van der Waals surface area contributed by atoms with Crippen LogP contribution in [0.15, 0.2) is 30.5 Å². The normalized spacial score (nSPS) is 13.3. The fourth-order valence-electron chi connectivity index (χ4n) is 1.93. The summed E-state index contributed by atoms with van der Waals surface area (Å²) >= 11 is 0. The van der Waals surface area contributed by atoms with E-state index in [1.807, 2.05) is 29.0 Å². The van der Waals surface area contributed by atoms with Crippen LogP contribution in [0.25, 0.3) is 10.9 Å². The quantitative estimate of drug-likeness (QED) is 0.747. The van der Waals surface area contributed by atoms with E-state index < -0.39 is 22.0 Å². The molecule has 1 atom stereocenters. The number of fused-ring (bicyclic) bond motifs is 1. The van der Waals surface area contributed by atoms with Gasteiger partial charge in [-0.2, -0.15) is 0 Å². The number of aromatic nitrogens is 1. The highest BCUT2D eigenvalue weighted by atomic mass is 32.2. The summed E-state index contributed by atoms with van der Waals surface area (Å²) in [4.78, 5) is 14.8. The number of aromatic amines is 1. The fourth-order valence-corrected chi connectivity index (χ4v) is 2.53. The Balaban J connectivity index is 2.12. The second kappa shape index (κ2) is 5.64. The van der Waals surface area contributed by atoms with Crippen molar-refractivity contribution in [3.05, 3.63) is 36.0 Å². The molecule has 0 fully saturated rings. The van der Waals surface area contributed by atoms with E-state index in [9.17, 15) is 13.2 Å². The molecule has 2 aromatic rings. The zero-order valence-corrected chi connectivity index (χ0v) is 11.9. The first-order valence-electron chi connectivity index (χ1n) is 6.28. The number of carbonyl (C=O) groups excluding carboxylic acids is 1. The van der Waals surface area contributed by atoms with Crippen LogP contribution in [0.2, 0.25) is 0 Å². The van der Waals surface area contributed by atoms with Gasteiger partial charge in [0.25, 0.3) is 5.91 Å². The molecule has 0 aliphatic heterocycles. The molecule has 0 aliphatic rings. The van der Waals surface area contributed by atoms with Gasteiger partial charge >= 0.3 is 0 Å². The first-order valence-corrected chi connectivity index (χ1v) is 7.93. The highest BCUT2D eigenvalue weighted by Gasteiger charge is 2.20. The number of hydrogen-bond donors (Lipinski definition) is 3. The first-order chi connectivity index (χ1) is 9.43. The summed E-state index contributed by atoms with van der Waals surface area (Å²) in [5, 5.41) is 0.981. The zero-order chi connectivity index (χ0) is 14.8. The molecule has 0 aliphatic carbocycles. The summed E-state index contributed by atoms with van der Waals surface area (Å²) in [5.41, 5.74) is 7.61. The molecule has 1 unspecified atom stereocenters. The van der Waals surface area contributed by atoms with E-state index in [2.05, 4.69) is 4.98 Å². The van der Waals surface area contributed by atoms with E-state index in [-0.39, 0.29) is 12.2 Å². The van der Waals surface area contributed by atoms with Gasteiger partial charge in [-0.3, -0.25) is 9.52 Å². The van der Waals surface area contributed by atoms with Crippen molar-refractivity contribution >= 4 is 26.8 Å². The highest BCUT2D eigenvalue weighted by molar-refractivity contribution is 7.90. The third-order valence-electron chi connectivity index (χ3n) is 3.09. The van der Waals surface area contributed by atoms with Gasteiger partial charge in [-0.05, 0) is 25.0 Å². The molecule has 4 N–H and O–H groups in total. The topological polar surface area (TPSA) is 105 Å². The highest BCUT2D eigenvalue weighted by Crippen LogP contribution is 2.18. The summed E-state index contributed by atoms with van der Waals surface area (Å²) in [7, 11) is -3.57. The number of H-pyrrole nitrogens is 1. The van der Waals surface area contributed by atoms with Gasteiger partial charge in [-0.1, -0.05) is 18.2 Å². The molecule has 0 radical (unpaired) electrons. The lowest BCUT2D eigenvalue weighted by Crippen LogP contribution is -2.45. The molecule has 2 rings (SSSR count). The average molecular weight is 295 g/mol. The molecule has 1 amide bonds. The van der Waals surface area contributed by atoms with Crippen LogP contribution in [0.4, 0.5) is 0 Å². The Morgan fingerprint density at radius 3 is 2.80 bits per heavy atom. The number of carbonyl (C=O) groups is 1. The van der Waals surface area contributed by atoms with Crippen molar-refractivity contribution in [2.24, 2.45) is 5.73 Å². The molecule has 0 bridgehead atoms. The number of amides is 1. The second-order valence-corrected chi connectivity index (χ2v) is 6.55. The average Bonchev–Trinajstić information content (AvgIpc) is 2.82. The second-order valence-electron chi connectivity index (χ2n) is 4.54. The van der Waals surface area contributed by atoms with Gasteiger partial charge in [-0.25, -0.2) is 8.42 Å². The lowest BCUT2D eigenvalue weighted by atomic mass is 10.1. The third-order valence-corrected chi connectivity index (χ3v) is 4.36. The van der Waals surface area contributed by atoms with Crippen LogP contribution in [0.5, 0.6) is 0 Å². The minimum absolute atomic E-state index is 0.154. The van der Waals surface area contributed by atoms with Crippen molar-refractivity contribution < 1.29 is 13.2 Å². The molecule has 20 heavy (non-hydrogen) atoms. The van der Waals surface area contributed by atoms with Crippen LogP contribution in [0.3, 0.4) is 0 Å². The summed E-state index contributed by atoms with van der Waals surface area (Å²) in [6.07, 6.45) is 2.06. The molecule has 0 spiro atoms. The van der Waals surface area contributed by atoms with Crippen LogP contribution < -0.4 is 10.5 Å². The van der Waals surface area contributed by atoms with Gasteiger partial charge in [0, 0.05) is 17.1 Å². The Morgan fingerprint density at radius 1 is 1.40 bits per heavy atom. The molecule has 0 saturated carbocycles. The number of para-hydroxylation sites is 1. The predicted molar refractivity (Wildman–Crippen MR) is 77.6 cm³/mol. The molecule has 1 aromatic carbocycles. The maximum atomic E-state index is 11.8. The summed E-state index contributed by atoms with van der Waals surface area (Å²) < 4.78 is 24.6. The lowest BCUT2D eigenvalue weighted by molar-refractivity contribution is -0.120. The van der Waals surface area contributed by atoms with Crippen LogP contribution in [-0.2, 0) is 21.2 Å². The smallest absolute Gasteiger partial charge is 0.250 e. The Labute approximate surface area is 117 Å². The number of benzene rings is 1. The molecule has 7 heteroatoms. The minimum Gasteiger partial charge on any atom is -0.361 e. The molecule has 1 heterocycles. The van der Waals surface area contributed by atoms with E-state index in [4.69, 9.17) is 5.73 Å². The molecule has 6 nitrogen and oxygen atoms in total. The van der Waals surface area contributed by atoms with Crippen molar-refractivity contribution in [3.8, 4) is 0 Å². The van der Waals surface area contributed by atoms with E-state index in [1.54, 1.807) is 6.20 Å². The van der Waals surface area contributed by atoms with Crippen LogP contribution >= 0.6 is 0 Å². The van der Waals surface area contributed by atoms with Crippen molar-refractivity contribution in [2.75, 3.05) is 5.75 Å². The van der Waals surface area contributed by atoms with E-state index in [0.717, 1.165) is 16.5 Å². The van der Waals surface area contributed by atoms with Crippen molar-refractivity contribution in [1.82, 2.24) is 9.71 Å². The van der Waals surface area contributed by atoms with Gasteiger partial charge in [0.15, 0.2) is 0 Å². The van der Waals surface area contributed by atoms with Gasteiger partial charge in [-0.15, -0.1) is 0 Å². The van der Waals surface area contributed by atoms with Crippen LogP contribution in [0.1, 0.15) is 12.5 Å². The minimum atomic E-state index is -3.57. The van der Waals surface area contributed by atoms with Gasteiger partial charge in [0.2, 0.25) is 10.0 Å². The molecular formula is C13H17N3O3S. The molecule has 0 saturated heterocycles. The van der Waals surface area contributed by atoms with Gasteiger partial charge in [0.1, 0.15) is 0 Å². The molecule has 108 valence electrons. The lowest BCUT2D eigenvalue weighted by Gasteiger charge is -2.11. The number of hydrogen-bond acceptors (Lipinski definition) is 4. The van der Waals surface area contributed by atoms with E-state index in [0.29, 0.717) is 0 Å². The fraction of sp³-hybridized carbons (Fsp3) is 0.308. The number of nitrogens with two attached hydrogens (primary N) is 1. The zero-order valence-electron chi connectivity index (χ0n) is 11.1. The Kier molecular flexibility index (Phi) is 4.10. The van der Waals surface area contributed by atoms with Crippen molar-refractivity contribution in [1.29, 1.82) is 0 Å². The number of rotatable bonds is 5. The van der Waals surface area contributed by atoms with Gasteiger partial charge in [0.05, 0.1) is 11.8 Å².